The first-order valence-corrected chi connectivity index (χ1v) is 12.2. The number of hydrogen-bond acceptors (Lipinski definition) is 7. The van der Waals surface area contributed by atoms with Crippen LogP contribution in [0.25, 0.3) is 0 Å². The Morgan fingerprint density at radius 1 is 0.968 bits per heavy atom. The third kappa shape index (κ3) is 5.37. The van der Waals surface area contributed by atoms with Crippen LogP contribution in [0.1, 0.15) is 12.8 Å². The van der Waals surface area contributed by atoms with Crippen LogP contribution in [0.5, 0.6) is 0 Å². The molecule has 2 aromatic carbocycles. The zero-order valence-electron chi connectivity index (χ0n) is 16.0. The number of sulfone groups is 1. The maximum atomic E-state index is 13.2. The molecular formula is C19H19F3N2O4S3. The van der Waals surface area contributed by atoms with E-state index in [0.29, 0.717) is 22.9 Å². The van der Waals surface area contributed by atoms with Crippen molar-refractivity contribution in [3.63, 3.8) is 0 Å². The predicted octanol–water partition coefficient (Wildman–Crippen LogP) is 3.85. The molecule has 0 spiro atoms. The van der Waals surface area contributed by atoms with Gasteiger partial charge in [-0.3, -0.25) is 10.0 Å². The van der Waals surface area contributed by atoms with Gasteiger partial charge in [0, 0.05) is 14.7 Å². The molecule has 1 saturated heterocycles. The molecular weight excluding hydrogens is 473 g/mol. The quantitative estimate of drug-likeness (QED) is 0.320. The zero-order valence-corrected chi connectivity index (χ0v) is 18.4. The Kier molecular flexibility index (Phi) is 7.26. The van der Waals surface area contributed by atoms with E-state index in [1.165, 1.54) is 41.5 Å². The Labute approximate surface area is 185 Å². The van der Waals surface area contributed by atoms with Crippen molar-refractivity contribution in [2.75, 3.05) is 13.1 Å². The fourth-order valence-corrected chi connectivity index (χ4v) is 6.64. The number of thioether (sulfide) groups is 1. The standard InChI is InChI=1S/C19H19F3N2O4S3/c20-19(21,22)30-15-3-1-13(2-4-15)29-14-5-7-16(8-6-14)31(27,28)18(17(25)24-26)9-11-23-12-10-18/h1-8,23,26H,9-12H2,(H,24,25). The maximum Gasteiger partial charge on any atom is 0.446 e. The molecule has 3 N–H and O–H groups in total. The second kappa shape index (κ2) is 9.41. The van der Waals surface area contributed by atoms with Crippen molar-refractivity contribution in [2.45, 2.75) is 42.7 Å². The number of carbonyl (C=O) groups excluding carboxylic acids is 1. The number of hydrogen-bond donors (Lipinski definition) is 3. The first kappa shape index (κ1) is 23.9. The van der Waals surface area contributed by atoms with E-state index in [9.17, 15) is 26.4 Å². The van der Waals surface area contributed by atoms with Gasteiger partial charge < -0.3 is 5.32 Å². The first-order chi connectivity index (χ1) is 14.6. The van der Waals surface area contributed by atoms with Crippen LogP contribution in [0.15, 0.2) is 68.1 Å². The van der Waals surface area contributed by atoms with Crippen molar-refractivity contribution >= 4 is 39.3 Å². The van der Waals surface area contributed by atoms with E-state index in [1.807, 2.05) is 0 Å². The third-order valence-corrected chi connectivity index (χ3v) is 9.14. The minimum atomic E-state index is -4.35. The second-order valence-electron chi connectivity index (χ2n) is 6.78. The summed E-state index contributed by atoms with van der Waals surface area (Å²) in [7, 11) is -4.08. The Morgan fingerprint density at radius 3 is 1.94 bits per heavy atom. The van der Waals surface area contributed by atoms with Crippen molar-refractivity contribution in [1.82, 2.24) is 10.8 Å². The summed E-state index contributed by atoms with van der Waals surface area (Å²) in [5.41, 5.74) is -2.86. The topological polar surface area (TPSA) is 95.5 Å². The van der Waals surface area contributed by atoms with Gasteiger partial charge in [0.2, 0.25) is 0 Å². The van der Waals surface area contributed by atoms with Gasteiger partial charge in [-0.15, -0.1) is 0 Å². The monoisotopic (exact) mass is 492 g/mol. The zero-order chi connectivity index (χ0) is 22.7. The molecule has 1 fully saturated rings. The highest BCUT2D eigenvalue weighted by Gasteiger charge is 2.51. The second-order valence-corrected chi connectivity index (χ2v) is 11.3. The molecule has 1 heterocycles. The Morgan fingerprint density at radius 2 is 1.45 bits per heavy atom. The van der Waals surface area contributed by atoms with Crippen LogP contribution in [0.3, 0.4) is 0 Å². The number of alkyl halides is 3. The number of halogens is 3. The van der Waals surface area contributed by atoms with Gasteiger partial charge in [-0.2, -0.15) is 13.2 Å². The first-order valence-electron chi connectivity index (χ1n) is 9.11. The molecule has 0 unspecified atom stereocenters. The maximum absolute atomic E-state index is 13.2. The van der Waals surface area contributed by atoms with Gasteiger partial charge in [-0.05, 0) is 86.2 Å². The van der Waals surface area contributed by atoms with Crippen LogP contribution in [0.4, 0.5) is 13.2 Å². The lowest BCUT2D eigenvalue weighted by molar-refractivity contribution is -0.132. The van der Waals surface area contributed by atoms with Gasteiger partial charge in [0.1, 0.15) is 0 Å². The molecule has 0 radical (unpaired) electrons. The molecule has 6 nitrogen and oxygen atoms in total. The van der Waals surface area contributed by atoms with Crippen molar-refractivity contribution in [2.24, 2.45) is 0 Å². The van der Waals surface area contributed by atoms with Gasteiger partial charge in [-0.1, -0.05) is 11.8 Å². The van der Waals surface area contributed by atoms with Crippen molar-refractivity contribution in [1.29, 1.82) is 0 Å². The molecule has 0 aliphatic carbocycles. The van der Waals surface area contributed by atoms with Crippen molar-refractivity contribution in [3.05, 3.63) is 48.5 Å². The molecule has 12 heteroatoms. The predicted molar refractivity (Wildman–Crippen MR) is 111 cm³/mol. The van der Waals surface area contributed by atoms with Crippen LogP contribution in [0.2, 0.25) is 0 Å². The molecule has 2 aromatic rings. The van der Waals surface area contributed by atoms with Crippen molar-refractivity contribution in [3.8, 4) is 0 Å². The van der Waals surface area contributed by atoms with E-state index in [-0.39, 0.29) is 34.4 Å². The summed E-state index contributed by atoms with van der Waals surface area (Å²) in [6.45, 7) is 0.645. The summed E-state index contributed by atoms with van der Waals surface area (Å²) >= 11 is 1.07. The highest BCUT2D eigenvalue weighted by Crippen LogP contribution is 2.39. The SMILES string of the molecule is O=C(NO)C1(S(=O)(=O)c2ccc(Sc3ccc(SC(F)(F)F)cc3)cc2)CCNCC1. The fraction of sp³-hybridized carbons (Fsp3) is 0.316. The highest BCUT2D eigenvalue weighted by molar-refractivity contribution is 8.00. The summed E-state index contributed by atoms with van der Waals surface area (Å²) in [5.74, 6) is -0.954. The number of carbonyl (C=O) groups is 1. The molecule has 0 saturated carbocycles. The van der Waals surface area contributed by atoms with Crippen LogP contribution >= 0.6 is 23.5 Å². The number of amides is 1. The van der Waals surface area contributed by atoms with E-state index in [2.05, 4.69) is 5.32 Å². The molecule has 31 heavy (non-hydrogen) atoms. The molecule has 168 valence electrons. The van der Waals surface area contributed by atoms with E-state index in [0.717, 1.165) is 0 Å². The minimum absolute atomic E-state index is 0.0283. The average molecular weight is 493 g/mol. The van der Waals surface area contributed by atoms with Crippen LogP contribution in [0, 0.1) is 0 Å². The Bertz CT molecular complexity index is 1020. The van der Waals surface area contributed by atoms with Crippen LogP contribution < -0.4 is 10.8 Å². The van der Waals surface area contributed by atoms with Gasteiger partial charge >= 0.3 is 5.51 Å². The van der Waals surface area contributed by atoms with Gasteiger partial charge in [-0.25, -0.2) is 13.9 Å². The molecule has 0 aromatic heterocycles. The number of benzene rings is 2. The number of hydroxylamine groups is 1. The average Bonchev–Trinajstić information content (AvgIpc) is 2.74. The third-order valence-electron chi connectivity index (χ3n) is 4.87. The Hall–Kier alpha value is -1.73. The lowest BCUT2D eigenvalue weighted by atomic mass is 9.96. The number of nitrogens with one attached hydrogen (secondary N) is 2. The van der Waals surface area contributed by atoms with E-state index < -0.39 is 26.0 Å². The molecule has 0 bridgehead atoms. The smallest absolute Gasteiger partial charge is 0.317 e. The van der Waals surface area contributed by atoms with E-state index in [4.69, 9.17) is 5.21 Å². The molecule has 1 aliphatic heterocycles. The summed E-state index contributed by atoms with van der Waals surface area (Å²) in [5, 5.41) is 12.1. The summed E-state index contributed by atoms with van der Waals surface area (Å²) in [6, 6.07) is 11.8. The normalized spacial score (nSPS) is 16.6. The van der Waals surface area contributed by atoms with Crippen LogP contribution in [-0.2, 0) is 14.6 Å². The lowest BCUT2D eigenvalue weighted by Gasteiger charge is -2.34. The molecule has 0 atom stereocenters. The van der Waals surface area contributed by atoms with E-state index in [1.54, 1.807) is 24.3 Å². The Balaban J connectivity index is 1.78. The lowest BCUT2D eigenvalue weighted by Crippen LogP contribution is -2.57. The van der Waals surface area contributed by atoms with Crippen molar-refractivity contribution < 1.29 is 31.6 Å². The fourth-order valence-electron chi connectivity index (χ4n) is 3.31. The number of rotatable bonds is 6. The molecule has 3 rings (SSSR count). The van der Waals surface area contributed by atoms with E-state index >= 15 is 0 Å². The minimum Gasteiger partial charge on any atom is -0.317 e. The van der Waals surface area contributed by atoms with Gasteiger partial charge in [0.25, 0.3) is 5.91 Å². The van der Waals surface area contributed by atoms with Gasteiger partial charge in [0.15, 0.2) is 14.6 Å². The summed E-state index contributed by atoms with van der Waals surface area (Å²) < 4.78 is 62.0. The highest BCUT2D eigenvalue weighted by atomic mass is 32.2. The largest absolute Gasteiger partial charge is 0.446 e. The number of piperidine rings is 1. The summed E-state index contributed by atoms with van der Waals surface area (Å²) in [6.07, 6.45) is 0.0566. The molecule has 1 amide bonds. The van der Waals surface area contributed by atoms with Gasteiger partial charge in [0.05, 0.1) is 4.90 Å². The van der Waals surface area contributed by atoms with Crippen LogP contribution in [-0.4, -0.2) is 42.9 Å². The summed E-state index contributed by atoms with van der Waals surface area (Å²) in [4.78, 5) is 13.7. The molecule has 1 aliphatic rings.